The summed E-state index contributed by atoms with van der Waals surface area (Å²) < 4.78 is 0. The van der Waals surface area contributed by atoms with Crippen molar-refractivity contribution in [2.75, 3.05) is 11.4 Å². The fourth-order valence-corrected chi connectivity index (χ4v) is 3.01. The highest BCUT2D eigenvalue weighted by Crippen LogP contribution is 2.26. The molecule has 1 N–H and O–H groups in total. The molecule has 0 aromatic carbocycles. The van der Waals surface area contributed by atoms with Crippen molar-refractivity contribution in [1.82, 2.24) is 10.3 Å². The average molecular weight is 259 g/mol. The van der Waals surface area contributed by atoms with E-state index in [2.05, 4.69) is 42.3 Å². The number of anilines is 1. The van der Waals surface area contributed by atoms with Gasteiger partial charge >= 0.3 is 0 Å². The summed E-state index contributed by atoms with van der Waals surface area (Å²) in [6, 6.07) is 7.81. The lowest BCUT2D eigenvalue weighted by molar-refractivity contribution is 0.376. The molecular formula is C16H25N3. The first-order valence-corrected chi connectivity index (χ1v) is 7.68. The normalized spacial score (nSPS) is 27.6. The van der Waals surface area contributed by atoms with Gasteiger partial charge in [-0.15, -0.1) is 0 Å². The molecule has 3 nitrogen and oxygen atoms in total. The standard InChI is InChI=1S/C16H25N3/c1-12-8-9-19(13(2)10-12)16-5-3-4-15(18-16)11-17-14-6-7-14/h3-5,12-14,17H,6-11H2,1-2H3. The molecule has 0 radical (unpaired) electrons. The molecule has 19 heavy (non-hydrogen) atoms. The van der Waals surface area contributed by atoms with Crippen molar-refractivity contribution in [3.05, 3.63) is 23.9 Å². The van der Waals surface area contributed by atoms with Gasteiger partial charge in [0.05, 0.1) is 5.69 Å². The summed E-state index contributed by atoms with van der Waals surface area (Å²) in [5.41, 5.74) is 1.18. The number of hydrogen-bond acceptors (Lipinski definition) is 3. The van der Waals surface area contributed by atoms with Gasteiger partial charge in [0.2, 0.25) is 0 Å². The third-order valence-electron chi connectivity index (χ3n) is 4.37. The first-order valence-electron chi connectivity index (χ1n) is 7.68. The van der Waals surface area contributed by atoms with Crippen molar-refractivity contribution in [2.45, 2.75) is 58.2 Å². The molecule has 2 aliphatic rings. The monoisotopic (exact) mass is 259 g/mol. The minimum Gasteiger partial charge on any atom is -0.354 e. The maximum atomic E-state index is 4.84. The van der Waals surface area contributed by atoms with Gasteiger partial charge in [-0.1, -0.05) is 13.0 Å². The molecule has 1 aromatic rings. The number of nitrogens with one attached hydrogen (secondary N) is 1. The molecule has 0 spiro atoms. The Bertz CT molecular complexity index is 428. The second-order valence-electron chi connectivity index (χ2n) is 6.31. The summed E-state index contributed by atoms with van der Waals surface area (Å²) in [6.45, 7) is 6.75. The van der Waals surface area contributed by atoms with Crippen molar-refractivity contribution >= 4 is 5.82 Å². The fourth-order valence-electron chi connectivity index (χ4n) is 3.01. The molecule has 0 amide bonds. The Kier molecular flexibility index (Phi) is 3.74. The molecule has 1 aromatic heterocycles. The quantitative estimate of drug-likeness (QED) is 0.901. The zero-order valence-electron chi connectivity index (χ0n) is 12.1. The van der Waals surface area contributed by atoms with Crippen LogP contribution < -0.4 is 10.2 Å². The highest BCUT2D eigenvalue weighted by molar-refractivity contribution is 5.41. The van der Waals surface area contributed by atoms with E-state index in [1.165, 1.54) is 31.4 Å². The van der Waals surface area contributed by atoms with E-state index in [4.69, 9.17) is 4.98 Å². The topological polar surface area (TPSA) is 28.2 Å². The molecule has 0 bridgehead atoms. The summed E-state index contributed by atoms with van der Waals surface area (Å²) in [7, 11) is 0. The lowest BCUT2D eigenvalue weighted by atomic mass is 9.93. The maximum absolute atomic E-state index is 4.84. The van der Waals surface area contributed by atoms with Gasteiger partial charge in [0.25, 0.3) is 0 Å². The van der Waals surface area contributed by atoms with Gasteiger partial charge in [0, 0.05) is 25.2 Å². The van der Waals surface area contributed by atoms with Crippen LogP contribution in [-0.2, 0) is 6.54 Å². The number of hydrogen-bond donors (Lipinski definition) is 1. The molecule has 104 valence electrons. The SMILES string of the molecule is CC1CCN(c2cccc(CNC3CC3)n2)C(C)C1. The highest BCUT2D eigenvalue weighted by Gasteiger charge is 2.24. The van der Waals surface area contributed by atoms with E-state index in [0.717, 1.165) is 30.9 Å². The highest BCUT2D eigenvalue weighted by atomic mass is 15.2. The van der Waals surface area contributed by atoms with Crippen molar-refractivity contribution < 1.29 is 0 Å². The van der Waals surface area contributed by atoms with E-state index in [-0.39, 0.29) is 0 Å². The predicted molar refractivity (Wildman–Crippen MR) is 79.3 cm³/mol. The van der Waals surface area contributed by atoms with Crippen LogP contribution in [-0.4, -0.2) is 23.6 Å². The van der Waals surface area contributed by atoms with Gasteiger partial charge in [0.15, 0.2) is 0 Å². The van der Waals surface area contributed by atoms with Crippen molar-refractivity contribution in [1.29, 1.82) is 0 Å². The number of nitrogens with zero attached hydrogens (tertiary/aromatic N) is 2. The Balaban J connectivity index is 1.67. The zero-order chi connectivity index (χ0) is 13.2. The van der Waals surface area contributed by atoms with Gasteiger partial charge < -0.3 is 10.2 Å². The third kappa shape index (κ3) is 3.27. The van der Waals surface area contributed by atoms with E-state index in [1.54, 1.807) is 0 Å². The van der Waals surface area contributed by atoms with E-state index in [9.17, 15) is 0 Å². The lowest BCUT2D eigenvalue weighted by Crippen LogP contribution is -2.40. The van der Waals surface area contributed by atoms with Gasteiger partial charge in [-0.05, 0) is 50.7 Å². The van der Waals surface area contributed by atoms with Crippen LogP contribution in [0.5, 0.6) is 0 Å². The molecule has 1 saturated heterocycles. The second kappa shape index (κ2) is 5.49. The number of piperidine rings is 1. The fraction of sp³-hybridized carbons (Fsp3) is 0.688. The largest absolute Gasteiger partial charge is 0.354 e. The average Bonchev–Trinajstić information content (AvgIpc) is 3.21. The minimum atomic E-state index is 0.614. The summed E-state index contributed by atoms with van der Waals surface area (Å²) in [4.78, 5) is 7.31. The Hall–Kier alpha value is -1.09. The molecule has 3 rings (SSSR count). The Morgan fingerprint density at radius 2 is 2.11 bits per heavy atom. The van der Waals surface area contributed by atoms with Crippen LogP contribution in [0.2, 0.25) is 0 Å². The van der Waals surface area contributed by atoms with Crippen molar-refractivity contribution in [2.24, 2.45) is 5.92 Å². The first-order chi connectivity index (χ1) is 9.22. The molecule has 2 atom stereocenters. The zero-order valence-corrected chi connectivity index (χ0v) is 12.1. The summed E-state index contributed by atoms with van der Waals surface area (Å²) in [5, 5.41) is 3.54. The van der Waals surface area contributed by atoms with Crippen molar-refractivity contribution in [3.63, 3.8) is 0 Å². The van der Waals surface area contributed by atoms with E-state index < -0.39 is 0 Å². The molecule has 2 heterocycles. The lowest BCUT2D eigenvalue weighted by Gasteiger charge is -2.37. The van der Waals surface area contributed by atoms with Crippen LogP contribution in [0, 0.1) is 5.92 Å². The van der Waals surface area contributed by atoms with Crippen LogP contribution in [0.15, 0.2) is 18.2 Å². The Labute approximate surface area is 116 Å². The molecular weight excluding hydrogens is 234 g/mol. The van der Waals surface area contributed by atoms with Crippen LogP contribution >= 0.6 is 0 Å². The smallest absolute Gasteiger partial charge is 0.129 e. The molecule has 2 unspecified atom stereocenters. The minimum absolute atomic E-state index is 0.614. The van der Waals surface area contributed by atoms with E-state index in [0.29, 0.717) is 6.04 Å². The van der Waals surface area contributed by atoms with E-state index in [1.807, 2.05) is 0 Å². The second-order valence-corrected chi connectivity index (χ2v) is 6.31. The number of pyridine rings is 1. The van der Waals surface area contributed by atoms with Gasteiger partial charge in [-0.2, -0.15) is 0 Å². The molecule has 1 aliphatic carbocycles. The molecule has 1 aliphatic heterocycles. The summed E-state index contributed by atoms with van der Waals surface area (Å²) in [6.07, 6.45) is 5.24. The van der Waals surface area contributed by atoms with E-state index >= 15 is 0 Å². The molecule has 3 heteroatoms. The van der Waals surface area contributed by atoms with Crippen LogP contribution in [0.1, 0.15) is 45.2 Å². The first kappa shape index (κ1) is 12.9. The van der Waals surface area contributed by atoms with Gasteiger partial charge in [0.1, 0.15) is 5.82 Å². The van der Waals surface area contributed by atoms with Crippen LogP contribution in [0.4, 0.5) is 5.82 Å². The third-order valence-corrected chi connectivity index (χ3v) is 4.37. The van der Waals surface area contributed by atoms with Crippen LogP contribution in [0.25, 0.3) is 0 Å². The van der Waals surface area contributed by atoms with Crippen molar-refractivity contribution in [3.8, 4) is 0 Å². The Morgan fingerprint density at radius 1 is 1.26 bits per heavy atom. The molecule has 1 saturated carbocycles. The summed E-state index contributed by atoms with van der Waals surface area (Å²) >= 11 is 0. The maximum Gasteiger partial charge on any atom is 0.129 e. The van der Waals surface area contributed by atoms with Crippen LogP contribution in [0.3, 0.4) is 0 Å². The van der Waals surface area contributed by atoms with Gasteiger partial charge in [-0.3, -0.25) is 0 Å². The predicted octanol–water partition coefficient (Wildman–Crippen LogP) is 2.96. The summed E-state index contributed by atoms with van der Waals surface area (Å²) in [5.74, 6) is 2.01. The van der Waals surface area contributed by atoms with Gasteiger partial charge in [-0.25, -0.2) is 4.98 Å². The number of rotatable bonds is 4. The Morgan fingerprint density at radius 3 is 2.84 bits per heavy atom. The molecule has 2 fully saturated rings. The number of aromatic nitrogens is 1.